The molecule has 0 N–H and O–H groups in total. The van der Waals surface area contributed by atoms with Crippen molar-refractivity contribution in [3.63, 3.8) is 0 Å². The van der Waals surface area contributed by atoms with Crippen LogP contribution in [0, 0.1) is 17.6 Å². The lowest BCUT2D eigenvalue weighted by Crippen LogP contribution is -2.12. The number of rotatable bonds is 3. The molecule has 1 aromatic rings. The van der Waals surface area contributed by atoms with Gasteiger partial charge in [-0.15, -0.1) is 0 Å². The molecule has 1 heterocycles. The van der Waals surface area contributed by atoms with E-state index in [0.717, 1.165) is 17.0 Å². The van der Waals surface area contributed by atoms with Crippen molar-refractivity contribution in [2.24, 2.45) is 16.1 Å². The highest BCUT2D eigenvalue weighted by Gasteiger charge is 2.22. The van der Waals surface area contributed by atoms with Crippen molar-refractivity contribution in [3.05, 3.63) is 34.9 Å². The Kier molecular flexibility index (Phi) is 3.78. The van der Waals surface area contributed by atoms with Crippen LogP contribution in [0.3, 0.4) is 0 Å². The molecule has 0 saturated carbocycles. The molecule has 0 amide bonds. The molecule has 1 aliphatic heterocycles. The first-order chi connectivity index (χ1) is 8.90. The summed E-state index contributed by atoms with van der Waals surface area (Å²) in [5.41, 5.74) is 3.16. The zero-order valence-electron chi connectivity index (χ0n) is 11.7. The molecule has 0 radical (unpaired) electrons. The van der Waals surface area contributed by atoms with Gasteiger partial charge in [0.1, 0.15) is 0 Å². The standard InChI is InChI=1S/C15H18F2N2/c1-8(2)10-5-12(16)13(17)6-11(10)15-7-14(9(3)4)18-19-15/h5-6,8-9H,7H2,1-4H3. The smallest absolute Gasteiger partial charge is 0.159 e. The molecule has 0 unspecified atom stereocenters. The average molecular weight is 264 g/mol. The zero-order valence-corrected chi connectivity index (χ0v) is 11.7. The monoisotopic (exact) mass is 264 g/mol. The minimum Gasteiger partial charge on any atom is -0.204 e. The maximum absolute atomic E-state index is 13.5. The van der Waals surface area contributed by atoms with E-state index in [1.807, 2.05) is 27.7 Å². The Morgan fingerprint density at radius 2 is 1.58 bits per heavy atom. The number of nitrogens with zero attached hydrogens (tertiary/aromatic N) is 2. The summed E-state index contributed by atoms with van der Waals surface area (Å²) >= 11 is 0. The number of halogens is 2. The van der Waals surface area contributed by atoms with Gasteiger partial charge in [-0.3, -0.25) is 0 Å². The van der Waals surface area contributed by atoms with Crippen molar-refractivity contribution in [1.82, 2.24) is 0 Å². The van der Waals surface area contributed by atoms with Crippen molar-refractivity contribution >= 4 is 11.4 Å². The lowest BCUT2D eigenvalue weighted by Gasteiger charge is -2.13. The molecule has 1 aliphatic rings. The van der Waals surface area contributed by atoms with Gasteiger partial charge >= 0.3 is 0 Å². The van der Waals surface area contributed by atoms with Gasteiger partial charge < -0.3 is 0 Å². The fourth-order valence-corrected chi connectivity index (χ4v) is 2.13. The first-order valence-corrected chi connectivity index (χ1v) is 6.52. The molecule has 0 atom stereocenters. The maximum Gasteiger partial charge on any atom is 0.159 e. The minimum absolute atomic E-state index is 0.107. The Morgan fingerprint density at radius 1 is 0.947 bits per heavy atom. The Balaban J connectivity index is 2.39. The van der Waals surface area contributed by atoms with Gasteiger partial charge in [0.15, 0.2) is 11.6 Å². The van der Waals surface area contributed by atoms with E-state index >= 15 is 0 Å². The van der Waals surface area contributed by atoms with Gasteiger partial charge in [0.05, 0.1) is 5.71 Å². The number of hydrogen-bond acceptors (Lipinski definition) is 2. The highest BCUT2D eigenvalue weighted by molar-refractivity contribution is 6.16. The number of benzene rings is 1. The number of hydrogen-bond donors (Lipinski definition) is 0. The van der Waals surface area contributed by atoms with Crippen molar-refractivity contribution in [2.75, 3.05) is 0 Å². The van der Waals surface area contributed by atoms with Crippen molar-refractivity contribution in [2.45, 2.75) is 40.0 Å². The molecule has 2 rings (SSSR count). The summed E-state index contributed by atoms with van der Waals surface area (Å²) in [6.07, 6.45) is 0.614. The van der Waals surface area contributed by atoms with Crippen molar-refractivity contribution < 1.29 is 8.78 Å². The molecule has 1 aromatic carbocycles. The van der Waals surface area contributed by atoms with Crippen LogP contribution in [-0.2, 0) is 0 Å². The molecule has 0 saturated heterocycles. The molecule has 4 heteroatoms. The lowest BCUT2D eigenvalue weighted by atomic mass is 9.91. The van der Waals surface area contributed by atoms with Crippen LogP contribution in [0.25, 0.3) is 0 Å². The Hall–Kier alpha value is -1.58. The van der Waals surface area contributed by atoms with Crippen LogP contribution in [0.1, 0.15) is 51.2 Å². The van der Waals surface area contributed by atoms with E-state index in [2.05, 4.69) is 10.2 Å². The largest absolute Gasteiger partial charge is 0.204 e. The van der Waals surface area contributed by atoms with Gasteiger partial charge in [-0.05, 0) is 29.5 Å². The van der Waals surface area contributed by atoms with Gasteiger partial charge in [-0.1, -0.05) is 27.7 Å². The minimum atomic E-state index is -0.833. The molecule has 2 nitrogen and oxygen atoms in total. The van der Waals surface area contributed by atoms with Crippen LogP contribution < -0.4 is 0 Å². The first-order valence-electron chi connectivity index (χ1n) is 6.52. The van der Waals surface area contributed by atoms with Gasteiger partial charge in [-0.25, -0.2) is 8.78 Å². The molecule has 102 valence electrons. The van der Waals surface area contributed by atoms with Crippen LogP contribution in [0.5, 0.6) is 0 Å². The van der Waals surface area contributed by atoms with E-state index in [1.165, 1.54) is 12.1 Å². The SMILES string of the molecule is CC(C)C1=NN=C(c2cc(F)c(F)cc2C(C)C)C1. The van der Waals surface area contributed by atoms with Crippen molar-refractivity contribution in [1.29, 1.82) is 0 Å². The quantitative estimate of drug-likeness (QED) is 0.778. The lowest BCUT2D eigenvalue weighted by molar-refractivity contribution is 0.506. The maximum atomic E-state index is 13.5. The van der Waals surface area contributed by atoms with Gasteiger partial charge in [0.2, 0.25) is 0 Å². The van der Waals surface area contributed by atoms with E-state index in [4.69, 9.17) is 0 Å². The second-order valence-electron chi connectivity index (χ2n) is 5.48. The zero-order chi connectivity index (χ0) is 14.2. The summed E-state index contributed by atoms with van der Waals surface area (Å²) in [6.45, 7) is 8.00. The van der Waals surface area contributed by atoms with Crippen LogP contribution in [0.4, 0.5) is 8.78 Å². The van der Waals surface area contributed by atoms with E-state index in [1.54, 1.807) is 0 Å². The van der Waals surface area contributed by atoms with E-state index in [-0.39, 0.29) is 5.92 Å². The highest BCUT2D eigenvalue weighted by atomic mass is 19.2. The van der Waals surface area contributed by atoms with Gasteiger partial charge in [-0.2, -0.15) is 10.2 Å². The van der Waals surface area contributed by atoms with Crippen LogP contribution >= 0.6 is 0 Å². The summed E-state index contributed by atoms with van der Waals surface area (Å²) in [5.74, 6) is -1.22. The third-order valence-electron chi connectivity index (χ3n) is 3.34. The molecule has 0 bridgehead atoms. The van der Waals surface area contributed by atoms with Crippen LogP contribution in [0.2, 0.25) is 0 Å². The summed E-state index contributed by atoms with van der Waals surface area (Å²) in [6, 6.07) is 2.51. The van der Waals surface area contributed by atoms with E-state index in [0.29, 0.717) is 17.9 Å². The van der Waals surface area contributed by atoms with Gasteiger partial charge in [0.25, 0.3) is 0 Å². The predicted octanol–water partition coefficient (Wildman–Crippen LogP) is 4.29. The van der Waals surface area contributed by atoms with Crippen LogP contribution in [-0.4, -0.2) is 11.4 Å². The van der Waals surface area contributed by atoms with Gasteiger partial charge in [0, 0.05) is 17.7 Å². The third kappa shape index (κ3) is 2.72. The first kappa shape index (κ1) is 13.8. The fourth-order valence-electron chi connectivity index (χ4n) is 2.13. The average Bonchev–Trinajstić information content (AvgIpc) is 2.81. The van der Waals surface area contributed by atoms with E-state index < -0.39 is 11.6 Å². The topological polar surface area (TPSA) is 24.7 Å². The second-order valence-corrected chi connectivity index (χ2v) is 5.48. The summed E-state index contributed by atoms with van der Waals surface area (Å²) in [4.78, 5) is 0. The summed E-state index contributed by atoms with van der Waals surface area (Å²) in [7, 11) is 0. The third-order valence-corrected chi connectivity index (χ3v) is 3.34. The summed E-state index contributed by atoms with van der Waals surface area (Å²) in [5, 5.41) is 8.27. The van der Waals surface area contributed by atoms with Crippen molar-refractivity contribution in [3.8, 4) is 0 Å². The Labute approximate surface area is 112 Å². The molecule has 0 fully saturated rings. The second kappa shape index (κ2) is 5.19. The normalized spacial score (nSPS) is 15.2. The Morgan fingerprint density at radius 3 is 2.11 bits per heavy atom. The molecule has 0 aromatic heterocycles. The molecular weight excluding hydrogens is 246 g/mol. The summed E-state index contributed by atoms with van der Waals surface area (Å²) < 4.78 is 26.8. The molecule has 19 heavy (non-hydrogen) atoms. The highest BCUT2D eigenvalue weighted by Crippen LogP contribution is 2.26. The molecule has 0 aliphatic carbocycles. The molecule has 0 spiro atoms. The molecular formula is C15H18F2N2. The Bertz CT molecular complexity index is 558. The van der Waals surface area contributed by atoms with E-state index in [9.17, 15) is 8.78 Å². The fraction of sp³-hybridized carbons (Fsp3) is 0.467. The predicted molar refractivity (Wildman–Crippen MR) is 73.9 cm³/mol. The van der Waals surface area contributed by atoms with Crippen LogP contribution in [0.15, 0.2) is 22.3 Å².